The highest BCUT2D eigenvalue weighted by Gasteiger charge is 2.29. The molecular formula is C14H15Cl2N3O. The van der Waals surface area contributed by atoms with Gasteiger partial charge in [-0.25, -0.2) is 0 Å². The Kier molecular flexibility index (Phi) is 3.96. The summed E-state index contributed by atoms with van der Waals surface area (Å²) < 4.78 is 5.38. The van der Waals surface area contributed by atoms with Crippen LogP contribution in [0.5, 0.6) is 0 Å². The lowest BCUT2D eigenvalue weighted by atomic mass is 10.0. The van der Waals surface area contributed by atoms with Gasteiger partial charge >= 0.3 is 0 Å². The molecule has 1 aromatic carbocycles. The number of halogens is 2. The van der Waals surface area contributed by atoms with Gasteiger partial charge in [0.25, 0.3) is 0 Å². The Morgan fingerprint density at radius 1 is 1.35 bits per heavy atom. The first-order valence-corrected chi connectivity index (χ1v) is 7.39. The first-order chi connectivity index (χ1) is 9.65. The van der Waals surface area contributed by atoms with E-state index in [1.165, 1.54) is 0 Å². The van der Waals surface area contributed by atoms with E-state index in [2.05, 4.69) is 22.4 Å². The molecule has 1 aromatic heterocycles. The van der Waals surface area contributed by atoms with Crippen LogP contribution in [0, 0.1) is 0 Å². The van der Waals surface area contributed by atoms with Gasteiger partial charge in [0, 0.05) is 22.5 Å². The van der Waals surface area contributed by atoms with Gasteiger partial charge in [0.05, 0.1) is 5.92 Å². The fourth-order valence-corrected chi connectivity index (χ4v) is 3.08. The lowest BCUT2D eigenvalue weighted by Gasteiger charge is -2.08. The smallest absolute Gasteiger partial charge is 0.231 e. The van der Waals surface area contributed by atoms with Crippen LogP contribution in [0.25, 0.3) is 0 Å². The van der Waals surface area contributed by atoms with E-state index in [4.69, 9.17) is 27.7 Å². The molecule has 1 aliphatic rings. The second-order valence-corrected chi connectivity index (χ2v) is 5.88. The molecule has 0 radical (unpaired) electrons. The topological polar surface area (TPSA) is 51.0 Å². The van der Waals surface area contributed by atoms with E-state index in [1.807, 2.05) is 18.2 Å². The number of nitrogens with zero attached hydrogens (tertiary/aromatic N) is 2. The highest BCUT2D eigenvalue weighted by molar-refractivity contribution is 6.36. The highest BCUT2D eigenvalue weighted by atomic mass is 35.5. The Balaban J connectivity index is 1.81. The summed E-state index contributed by atoms with van der Waals surface area (Å²) in [4.78, 5) is 4.49. The fourth-order valence-electron chi connectivity index (χ4n) is 2.55. The van der Waals surface area contributed by atoms with Gasteiger partial charge in [-0.3, -0.25) is 0 Å². The molecule has 4 nitrogen and oxygen atoms in total. The van der Waals surface area contributed by atoms with E-state index < -0.39 is 0 Å². The van der Waals surface area contributed by atoms with Gasteiger partial charge in [-0.1, -0.05) is 34.4 Å². The van der Waals surface area contributed by atoms with Gasteiger partial charge in [-0.15, -0.1) is 0 Å². The molecule has 1 aliphatic heterocycles. The van der Waals surface area contributed by atoms with Crippen molar-refractivity contribution in [3.8, 4) is 0 Å². The fraction of sp³-hybridized carbons (Fsp3) is 0.429. The molecule has 0 amide bonds. The van der Waals surface area contributed by atoms with Gasteiger partial charge in [-0.05, 0) is 37.6 Å². The van der Waals surface area contributed by atoms with Gasteiger partial charge in [-0.2, -0.15) is 4.98 Å². The predicted molar refractivity (Wildman–Crippen MR) is 78.4 cm³/mol. The van der Waals surface area contributed by atoms with Crippen molar-refractivity contribution in [2.75, 3.05) is 6.54 Å². The molecule has 2 unspecified atom stereocenters. The number of aromatic nitrogens is 2. The molecular weight excluding hydrogens is 297 g/mol. The van der Waals surface area contributed by atoms with Crippen LogP contribution in [0.2, 0.25) is 10.0 Å². The Morgan fingerprint density at radius 2 is 2.10 bits per heavy atom. The second kappa shape index (κ2) is 5.72. The molecule has 106 valence electrons. The van der Waals surface area contributed by atoms with Crippen molar-refractivity contribution in [2.45, 2.75) is 31.7 Å². The zero-order chi connectivity index (χ0) is 14.1. The molecule has 2 heterocycles. The number of hydrogen-bond acceptors (Lipinski definition) is 4. The van der Waals surface area contributed by atoms with Crippen LogP contribution in [-0.4, -0.2) is 22.7 Å². The van der Waals surface area contributed by atoms with E-state index in [0.29, 0.717) is 34.2 Å². The first-order valence-electron chi connectivity index (χ1n) is 6.64. The SMILES string of the molecule is CC1NCCC1c1nc(Cc2c(Cl)cccc2Cl)no1. The molecule has 2 aromatic rings. The monoisotopic (exact) mass is 311 g/mol. The van der Waals surface area contributed by atoms with Crippen LogP contribution in [0.3, 0.4) is 0 Å². The number of rotatable bonds is 3. The van der Waals surface area contributed by atoms with E-state index in [0.717, 1.165) is 18.5 Å². The Morgan fingerprint density at radius 3 is 2.75 bits per heavy atom. The molecule has 2 atom stereocenters. The van der Waals surface area contributed by atoms with E-state index in [1.54, 1.807) is 0 Å². The third-order valence-corrected chi connectivity index (χ3v) is 4.43. The Bertz CT molecular complexity index is 594. The second-order valence-electron chi connectivity index (χ2n) is 5.06. The van der Waals surface area contributed by atoms with Gasteiger partial charge in [0.15, 0.2) is 5.82 Å². The summed E-state index contributed by atoms with van der Waals surface area (Å²) in [6.07, 6.45) is 1.51. The van der Waals surface area contributed by atoms with Crippen molar-refractivity contribution >= 4 is 23.2 Å². The quantitative estimate of drug-likeness (QED) is 0.943. The largest absolute Gasteiger partial charge is 0.339 e. The summed E-state index contributed by atoms with van der Waals surface area (Å²) in [7, 11) is 0. The van der Waals surface area contributed by atoms with Crippen molar-refractivity contribution in [3.63, 3.8) is 0 Å². The van der Waals surface area contributed by atoms with Crippen LogP contribution < -0.4 is 5.32 Å². The van der Waals surface area contributed by atoms with Crippen molar-refractivity contribution in [1.29, 1.82) is 0 Å². The summed E-state index contributed by atoms with van der Waals surface area (Å²) in [5.74, 6) is 1.60. The lowest BCUT2D eigenvalue weighted by molar-refractivity contribution is 0.342. The molecule has 20 heavy (non-hydrogen) atoms. The number of benzene rings is 1. The molecule has 0 aliphatic carbocycles. The van der Waals surface area contributed by atoms with Gasteiger partial charge in [0.1, 0.15) is 0 Å². The third kappa shape index (κ3) is 2.68. The van der Waals surface area contributed by atoms with Crippen LogP contribution >= 0.6 is 23.2 Å². The average molecular weight is 312 g/mol. The maximum atomic E-state index is 6.16. The zero-order valence-corrected chi connectivity index (χ0v) is 12.6. The van der Waals surface area contributed by atoms with Crippen molar-refractivity contribution in [3.05, 3.63) is 45.5 Å². The summed E-state index contributed by atoms with van der Waals surface area (Å²) in [6.45, 7) is 3.12. The minimum absolute atomic E-state index is 0.290. The van der Waals surface area contributed by atoms with Crippen molar-refractivity contribution in [2.24, 2.45) is 0 Å². The average Bonchev–Trinajstić information content (AvgIpc) is 3.02. The Hall–Kier alpha value is -1.10. The van der Waals surface area contributed by atoms with E-state index in [9.17, 15) is 0 Å². The van der Waals surface area contributed by atoms with Crippen LogP contribution in [-0.2, 0) is 6.42 Å². The summed E-state index contributed by atoms with van der Waals surface area (Å²) in [6, 6.07) is 5.81. The Labute approximate surface area is 127 Å². The van der Waals surface area contributed by atoms with Crippen molar-refractivity contribution in [1.82, 2.24) is 15.5 Å². The van der Waals surface area contributed by atoms with Crippen LogP contribution in [0.4, 0.5) is 0 Å². The molecule has 0 bridgehead atoms. The minimum Gasteiger partial charge on any atom is -0.339 e. The standard InChI is InChI=1S/C14H15Cl2N3O/c1-8-9(5-6-17-8)14-18-13(19-20-14)7-10-11(15)3-2-4-12(10)16/h2-4,8-9,17H,5-7H2,1H3. The van der Waals surface area contributed by atoms with Crippen molar-refractivity contribution < 1.29 is 4.52 Å². The third-order valence-electron chi connectivity index (χ3n) is 3.72. The zero-order valence-electron chi connectivity index (χ0n) is 11.1. The highest BCUT2D eigenvalue weighted by Crippen LogP contribution is 2.28. The molecule has 1 fully saturated rings. The summed E-state index contributed by atoms with van der Waals surface area (Å²) in [5, 5.41) is 8.67. The van der Waals surface area contributed by atoms with Gasteiger partial charge in [0.2, 0.25) is 5.89 Å². The number of nitrogens with one attached hydrogen (secondary N) is 1. The van der Waals surface area contributed by atoms with Crippen LogP contribution in [0.15, 0.2) is 22.7 Å². The maximum absolute atomic E-state index is 6.16. The summed E-state index contributed by atoms with van der Waals surface area (Å²) >= 11 is 12.3. The molecule has 0 spiro atoms. The molecule has 3 rings (SSSR count). The van der Waals surface area contributed by atoms with E-state index >= 15 is 0 Å². The maximum Gasteiger partial charge on any atom is 0.231 e. The predicted octanol–water partition coefficient (Wildman–Crippen LogP) is 3.43. The van der Waals surface area contributed by atoms with Gasteiger partial charge < -0.3 is 9.84 Å². The minimum atomic E-state index is 0.290. The molecule has 1 saturated heterocycles. The van der Waals surface area contributed by atoms with Crippen LogP contribution in [0.1, 0.15) is 36.5 Å². The number of hydrogen-bond donors (Lipinski definition) is 1. The molecule has 1 N–H and O–H groups in total. The molecule has 0 saturated carbocycles. The van der Waals surface area contributed by atoms with E-state index in [-0.39, 0.29) is 5.92 Å². The normalized spacial score (nSPS) is 22.4. The first kappa shape index (κ1) is 13.9. The summed E-state index contributed by atoms with van der Waals surface area (Å²) in [5.41, 5.74) is 0.834. The molecule has 6 heteroatoms. The lowest BCUT2D eigenvalue weighted by Crippen LogP contribution is -2.21.